The molecule has 1 aromatic heterocycles. The molecule has 0 radical (unpaired) electrons. The summed E-state index contributed by atoms with van der Waals surface area (Å²) >= 11 is 5.98. The van der Waals surface area contributed by atoms with Gasteiger partial charge in [0, 0.05) is 17.6 Å². The van der Waals surface area contributed by atoms with Gasteiger partial charge in [0.25, 0.3) is 0 Å². The van der Waals surface area contributed by atoms with Gasteiger partial charge in [0.15, 0.2) is 0 Å². The molecule has 3 rings (SSSR count). The van der Waals surface area contributed by atoms with Gasteiger partial charge in [-0.05, 0) is 59.5 Å². The third-order valence-electron chi connectivity index (χ3n) is 4.10. The standard InChI is InChI=1S/C19H20ClN5O2/c1-14-6-3-10-18(25-19(26)24(2)22-23-25)17(14)13-21-27-11-5-8-15-7-4-9-16(20)12-15/h3-4,6-7,9-10,12-13H,5,8,11H2,1-2H3/b21-13-. The highest BCUT2D eigenvalue weighted by molar-refractivity contribution is 6.30. The minimum Gasteiger partial charge on any atom is -0.396 e. The third kappa shape index (κ3) is 4.62. The molecule has 0 spiro atoms. The smallest absolute Gasteiger partial charge is 0.368 e. The molecule has 27 heavy (non-hydrogen) atoms. The summed E-state index contributed by atoms with van der Waals surface area (Å²) in [5.74, 6) is 0. The van der Waals surface area contributed by atoms with Crippen LogP contribution in [0, 0.1) is 6.92 Å². The summed E-state index contributed by atoms with van der Waals surface area (Å²) in [6.07, 6.45) is 3.29. The number of halogens is 1. The maximum atomic E-state index is 12.1. The molecule has 7 nitrogen and oxygen atoms in total. The quantitative estimate of drug-likeness (QED) is 0.356. The van der Waals surface area contributed by atoms with E-state index >= 15 is 0 Å². The summed E-state index contributed by atoms with van der Waals surface area (Å²) in [7, 11) is 1.55. The minimum atomic E-state index is -0.322. The molecule has 0 unspecified atom stereocenters. The van der Waals surface area contributed by atoms with Gasteiger partial charge in [0.2, 0.25) is 0 Å². The molecule has 0 aliphatic carbocycles. The lowest BCUT2D eigenvalue weighted by atomic mass is 10.1. The van der Waals surface area contributed by atoms with Crippen LogP contribution in [-0.2, 0) is 18.3 Å². The van der Waals surface area contributed by atoms with E-state index in [4.69, 9.17) is 16.4 Å². The van der Waals surface area contributed by atoms with E-state index in [1.54, 1.807) is 19.3 Å². The van der Waals surface area contributed by atoms with Gasteiger partial charge in [-0.15, -0.1) is 0 Å². The molecule has 0 amide bonds. The Labute approximate surface area is 161 Å². The molecule has 0 bridgehead atoms. The fraction of sp³-hybridized carbons (Fsp3) is 0.263. The van der Waals surface area contributed by atoms with E-state index in [2.05, 4.69) is 15.6 Å². The van der Waals surface area contributed by atoms with Gasteiger partial charge in [-0.1, -0.05) is 41.0 Å². The van der Waals surface area contributed by atoms with Crippen LogP contribution in [0.4, 0.5) is 0 Å². The zero-order valence-electron chi connectivity index (χ0n) is 15.2. The van der Waals surface area contributed by atoms with Crippen molar-refractivity contribution in [2.24, 2.45) is 12.2 Å². The molecule has 0 aliphatic rings. The second-order valence-electron chi connectivity index (χ2n) is 6.11. The van der Waals surface area contributed by atoms with Crippen molar-refractivity contribution in [1.82, 2.24) is 19.8 Å². The fourth-order valence-electron chi connectivity index (χ4n) is 2.66. The first kappa shape index (κ1) is 18.8. The Bertz CT molecular complexity index is 1010. The number of hydrogen-bond donors (Lipinski definition) is 0. The summed E-state index contributed by atoms with van der Waals surface area (Å²) in [6.45, 7) is 2.42. The number of nitrogens with zero attached hydrogens (tertiary/aromatic N) is 5. The zero-order valence-corrected chi connectivity index (χ0v) is 15.9. The Morgan fingerprint density at radius 3 is 2.78 bits per heavy atom. The van der Waals surface area contributed by atoms with Crippen molar-refractivity contribution in [2.75, 3.05) is 6.61 Å². The predicted octanol–water partition coefficient (Wildman–Crippen LogP) is 2.91. The van der Waals surface area contributed by atoms with Crippen molar-refractivity contribution < 1.29 is 4.84 Å². The van der Waals surface area contributed by atoms with Crippen molar-refractivity contribution in [2.45, 2.75) is 19.8 Å². The summed E-state index contributed by atoms with van der Waals surface area (Å²) in [6, 6.07) is 13.4. The van der Waals surface area contributed by atoms with Crippen LogP contribution in [0.25, 0.3) is 5.69 Å². The van der Waals surface area contributed by atoms with Crippen LogP contribution >= 0.6 is 11.6 Å². The van der Waals surface area contributed by atoms with Gasteiger partial charge < -0.3 is 4.84 Å². The van der Waals surface area contributed by atoms with Crippen molar-refractivity contribution >= 4 is 17.8 Å². The molecule has 0 fully saturated rings. The van der Waals surface area contributed by atoms with Crippen LogP contribution in [0.3, 0.4) is 0 Å². The van der Waals surface area contributed by atoms with Gasteiger partial charge in [0.05, 0.1) is 11.9 Å². The topological polar surface area (TPSA) is 74.3 Å². The number of oxime groups is 1. The number of benzene rings is 2. The number of hydrogen-bond acceptors (Lipinski definition) is 5. The van der Waals surface area contributed by atoms with Crippen LogP contribution in [0.1, 0.15) is 23.1 Å². The van der Waals surface area contributed by atoms with E-state index in [0.29, 0.717) is 12.3 Å². The van der Waals surface area contributed by atoms with Gasteiger partial charge >= 0.3 is 5.69 Å². The summed E-state index contributed by atoms with van der Waals surface area (Å²) in [4.78, 5) is 17.5. The first-order valence-corrected chi connectivity index (χ1v) is 8.93. The largest absolute Gasteiger partial charge is 0.396 e. The molecular weight excluding hydrogens is 366 g/mol. The molecule has 0 aliphatic heterocycles. The SMILES string of the molecule is Cc1cccc(-n2nnn(C)c2=O)c1/C=N\OCCCc1cccc(Cl)c1. The normalized spacial score (nSPS) is 11.2. The lowest BCUT2D eigenvalue weighted by molar-refractivity contribution is 0.143. The monoisotopic (exact) mass is 385 g/mol. The van der Waals surface area contributed by atoms with Crippen LogP contribution < -0.4 is 5.69 Å². The van der Waals surface area contributed by atoms with Gasteiger partial charge in [-0.3, -0.25) is 0 Å². The van der Waals surface area contributed by atoms with Crippen LogP contribution in [-0.4, -0.2) is 32.6 Å². The van der Waals surface area contributed by atoms with E-state index < -0.39 is 0 Å². The fourth-order valence-corrected chi connectivity index (χ4v) is 2.87. The highest BCUT2D eigenvalue weighted by Crippen LogP contribution is 2.15. The second kappa shape index (κ2) is 8.64. The summed E-state index contributed by atoms with van der Waals surface area (Å²) in [5, 5.41) is 12.4. The third-order valence-corrected chi connectivity index (χ3v) is 4.33. The second-order valence-corrected chi connectivity index (χ2v) is 6.54. The maximum absolute atomic E-state index is 12.1. The van der Waals surface area contributed by atoms with Gasteiger partial charge in [-0.2, -0.15) is 9.36 Å². The van der Waals surface area contributed by atoms with Crippen molar-refractivity contribution in [3.8, 4) is 5.69 Å². The van der Waals surface area contributed by atoms with Crippen molar-refractivity contribution in [3.63, 3.8) is 0 Å². The molecule has 2 aromatic carbocycles. The molecule has 0 N–H and O–H groups in total. The lowest BCUT2D eigenvalue weighted by Crippen LogP contribution is -2.23. The molecule has 8 heteroatoms. The summed E-state index contributed by atoms with van der Waals surface area (Å²) < 4.78 is 2.42. The molecule has 3 aromatic rings. The summed E-state index contributed by atoms with van der Waals surface area (Å²) in [5.41, 5.74) is 3.17. The molecule has 140 valence electrons. The van der Waals surface area contributed by atoms with E-state index in [0.717, 1.165) is 29.0 Å². The Balaban J connectivity index is 1.63. The van der Waals surface area contributed by atoms with E-state index in [1.807, 2.05) is 43.3 Å². The van der Waals surface area contributed by atoms with Crippen molar-refractivity contribution in [3.05, 3.63) is 74.7 Å². The van der Waals surface area contributed by atoms with Crippen LogP contribution in [0.5, 0.6) is 0 Å². The minimum absolute atomic E-state index is 0.322. The molecule has 1 heterocycles. The Morgan fingerprint density at radius 2 is 2.04 bits per heavy atom. The number of tetrazole rings is 1. The highest BCUT2D eigenvalue weighted by atomic mass is 35.5. The first-order chi connectivity index (χ1) is 13.1. The average molecular weight is 386 g/mol. The van der Waals surface area contributed by atoms with Gasteiger partial charge in [-0.25, -0.2) is 4.79 Å². The highest BCUT2D eigenvalue weighted by Gasteiger charge is 2.11. The van der Waals surface area contributed by atoms with Gasteiger partial charge in [0.1, 0.15) is 6.61 Å². The number of aryl methyl sites for hydroxylation is 3. The zero-order chi connectivity index (χ0) is 19.2. The number of rotatable bonds is 7. The van der Waals surface area contributed by atoms with E-state index in [9.17, 15) is 4.79 Å². The number of aromatic nitrogens is 4. The Morgan fingerprint density at radius 1 is 1.22 bits per heavy atom. The van der Waals surface area contributed by atoms with Crippen molar-refractivity contribution in [1.29, 1.82) is 0 Å². The molecule has 0 saturated heterocycles. The first-order valence-electron chi connectivity index (χ1n) is 8.55. The van der Waals surface area contributed by atoms with Crippen LogP contribution in [0.15, 0.2) is 52.4 Å². The molecular formula is C19H20ClN5O2. The molecule has 0 atom stereocenters. The van der Waals surface area contributed by atoms with E-state index in [-0.39, 0.29) is 5.69 Å². The lowest BCUT2D eigenvalue weighted by Gasteiger charge is -2.07. The van der Waals surface area contributed by atoms with Crippen LogP contribution in [0.2, 0.25) is 5.02 Å². The Hall–Kier alpha value is -2.93. The average Bonchev–Trinajstić information content (AvgIpc) is 2.98. The molecule has 0 saturated carbocycles. The maximum Gasteiger partial charge on any atom is 0.368 e. The Kier molecular flexibility index (Phi) is 6.03. The predicted molar refractivity (Wildman–Crippen MR) is 105 cm³/mol. The van der Waals surface area contributed by atoms with E-state index in [1.165, 1.54) is 14.9 Å².